The number of hydrogen-bond acceptors (Lipinski definition) is 1. The Morgan fingerprint density at radius 3 is 2.20 bits per heavy atom. The summed E-state index contributed by atoms with van der Waals surface area (Å²) in [4.78, 5) is 0. The molecule has 0 amide bonds. The Morgan fingerprint density at radius 2 is 1.67 bits per heavy atom. The van der Waals surface area contributed by atoms with Crippen LogP contribution in [0.1, 0.15) is 59.3 Å². The van der Waals surface area contributed by atoms with Crippen LogP contribution in [0.5, 0.6) is 0 Å². The van der Waals surface area contributed by atoms with Gasteiger partial charge < -0.3 is 4.74 Å². The van der Waals surface area contributed by atoms with Gasteiger partial charge in [0.05, 0.1) is 11.2 Å². The molecule has 1 saturated carbocycles. The largest absolute Gasteiger partial charge is 0.367 e. The van der Waals surface area contributed by atoms with Crippen molar-refractivity contribution in [3.8, 4) is 0 Å². The minimum Gasteiger partial charge on any atom is -0.367 e. The fourth-order valence-electron chi connectivity index (χ4n) is 3.33. The van der Waals surface area contributed by atoms with Crippen LogP contribution in [0.15, 0.2) is 0 Å². The van der Waals surface area contributed by atoms with E-state index in [4.69, 9.17) is 4.74 Å². The lowest BCUT2D eigenvalue weighted by Crippen LogP contribution is -2.48. The minimum atomic E-state index is 0.0780. The molecule has 1 spiro atoms. The summed E-state index contributed by atoms with van der Waals surface area (Å²) in [7, 11) is 0. The highest BCUT2D eigenvalue weighted by Crippen LogP contribution is 2.55. The molecule has 1 saturated heterocycles. The molecule has 2 atom stereocenters. The van der Waals surface area contributed by atoms with E-state index in [0.717, 1.165) is 5.33 Å². The lowest BCUT2D eigenvalue weighted by molar-refractivity contribution is -0.162. The zero-order chi connectivity index (χ0) is 11.2. The van der Waals surface area contributed by atoms with Crippen molar-refractivity contribution in [2.24, 2.45) is 5.41 Å². The number of alkyl halides is 1. The van der Waals surface area contributed by atoms with E-state index in [1.807, 2.05) is 0 Å². The highest BCUT2D eigenvalue weighted by molar-refractivity contribution is 9.09. The molecule has 2 unspecified atom stereocenters. The van der Waals surface area contributed by atoms with E-state index in [9.17, 15) is 0 Å². The molecule has 0 aromatic rings. The lowest BCUT2D eigenvalue weighted by Gasteiger charge is -2.48. The van der Waals surface area contributed by atoms with E-state index in [0.29, 0.717) is 5.41 Å². The quantitative estimate of drug-likeness (QED) is 0.649. The number of halogens is 1. The van der Waals surface area contributed by atoms with Crippen molar-refractivity contribution in [2.45, 2.75) is 70.5 Å². The van der Waals surface area contributed by atoms with Crippen LogP contribution < -0.4 is 0 Å². The van der Waals surface area contributed by atoms with Crippen molar-refractivity contribution in [1.29, 1.82) is 0 Å². The average molecular weight is 275 g/mol. The van der Waals surface area contributed by atoms with Crippen LogP contribution in [-0.2, 0) is 4.74 Å². The Morgan fingerprint density at radius 1 is 1.00 bits per heavy atom. The van der Waals surface area contributed by atoms with Gasteiger partial charge in [-0.3, -0.25) is 0 Å². The highest BCUT2D eigenvalue weighted by Gasteiger charge is 2.55. The lowest BCUT2D eigenvalue weighted by atomic mass is 9.64. The van der Waals surface area contributed by atoms with Gasteiger partial charge in [-0.15, -0.1) is 0 Å². The molecular weight excluding hydrogens is 252 g/mol. The van der Waals surface area contributed by atoms with Crippen LogP contribution in [0, 0.1) is 5.41 Å². The monoisotopic (exact) mass is 274 g/mol. The SMILES string of the molecule is CC1(CBr)CCC2(CCCCC2(C)C)O1. The van der Waals surface area contributed by atoms with Crippen LogP contribution in [0.3, 0.4) is 0 Å². The number of hydrogen-bond donors (Lipinski definition) is 0. The molecule has 2 rings (SSSR count). The molecule has 0 radical (unpaired) electrons. The highest BCUT2D eigenvalue weighted by atomic mass is 79.9. The molecule has 0 aromatic heterocycles. The molecule has 0 N–H and O–H groups in total. The normalized spacial score (nSPS) is 44.8. The maximum atomic E-state index is 6.49. The van der Waals surface area contributed by atoms with Gasteiger partial charge in [0.15, 0.2) is 0 Å². The van der Waals surface area contributed by atoms with Crippen LogP contribution >= 0.6 is 15.9 Å². The van der Waals surface area contributed by atoms with E-state index in [1.165, 1.54) is 38.5 Å². The van der Waals surface area contributed by atoms with Crippen molar-refractivity contribution in [3.05, 3.63) is 0 Å². The predicted octanol–water partition coefficient (Wildman–Crippen LogP) is 4.29. The Balaban J connectivity index is 2.20. The fourth-order valence-corrected chi connectivity index (χ4v) is 3.73. The summed E-state index contributed by atoms with van der Waals surface area (Å²) in [6, 6.07) is 0. The van der Waals surface area contributed by atoms with E-state index >= 15 is 0 Å². The van der Waals surface area contributed by atoms with E-state index in [2.05, 4.69) is 36.7 Å². The summed E-state index contributed by atoms with van der Waals surface area (Å²) in [5.41, 5.74) is 0.619. The van der Waals surface area contributed by atoms with Crippen LogP contribution in [0.25, 0.3) is 0 Å². The summed E-state index contributed by atoms with van der Waals surface area (Å²) >= 11 is 3.59. The third-order valence-corrected chi connectivity index (χ3v) is 5.83. The van der Waals surface area contributed by atoms with Crippen molar-refractivity contribution >= 4 is 15.9 Å². The molecule has 1 aliphatic heterocycles. The maximum absolute atomic E-state index is 6.49. The molecule has 2 heteroatoms. The Hall–Kier alpha value is 0.440. The Kier molecular flexibility index (Phi) is 2.96. The zero-order valence-corrected chi connectivity index (χ0v) is 11.8. The summed E-state index contributed by atoms with van der Waals surface area (Å²) in [5, 5.41) is 0.970. The second-order valence-corrected chi connectivity index (χ2v) is 6.83. The molecule has 15 heavy (non-hydrogen) atoms. The third kappa shape index (κ3) is 1.88. The smallest absolute Gasteiger partial charge is 0.0759 e. The first-order chi connectivity index (χ1) is 6.93. The van der Waals surface area contributed by atoms with E-state index in [-0.39, 0.29) is 11.2 Å². The molecule has 88 valence electrons. The van der Waals surface area contributed by atoms with Gasteiger partial charge in [-0.25, -0.2) is 0 Å². The Bertz CT molecular complexity index is 251. The maximum Gasteiger partial charge on any atom is 0.0759 e. The van der Waals surface area contributed by atoms with Crippen molar-refractivity contribution in [3.63, 3.8) is 0 Å². The van der Waals surface area contributed by atoms with Crippen molar-refractivity contribution in [2.75, 3.05) is 5.33 Å². The molecule has 0 aromatic carbocycles. The van der Waals surface area contributed by atoms with E-state index in [1.54, 1.807) is 0 Å². The molecule has 0 bridgehead atoms. The van der Waals surface area contributed by atoms with Crippen LogP contribution in [0.2, 0.25) is 0 Å². The van der Waals surface area contributed by atoms with Gasteiger partial charge in [-0.1, -0.05) is 42.6 Å². The first-order valence-corrected chi connectivity index (χ1v) is 7.31. The molecular formula is C13H23BrO. The summed E-state index contributed by atoms with van der Waals surface area (Å²) in [6.07, 6.45) is 7.78. The molecule has 2 aliphatic rings. The van der Waals surface area contributed by atoms with Crippen molar-refractivity contribution in [1.82, 2.24) is 0 Å². The molecule has 1 nitrogen and oxygen atoms in total. The fraction of sp³-hybridized carbons (Fsp3) is 1.00. The van der Waals surface area contributed by atoms with Gasteiger partial charge in [0.1, 0.15) is 0 Å². The number of ether oxygens (including phenoxy) is 1. The van der Waals surface area contributed by atoms with Gasteiger partial charge in [-0.05, 0) is 38.0 Å². The van der Waals surface area contributed by atoms with Gasteiger partial charge >= 0.3 is 0 Å². The van der Waals surface area contributed by atoms with E-state index < -0.39 is 0 Å². The van der Waals surface area contributed by atoms with Crippen LogP contribution in [-0.4, -0.2) is 16.5 Å². The summed E-state index contributed by atoms with van der Waals surface area (Å²) < 4.78 is 6.49. The predicted molar refractivity (Wildman–Crippen MR) is 67.5 cm³/mol. The second-order valence-electron chi connectivity index (χ2n) is 6.27. The molecule has 1 aliphatic carbocycles. The molecule has 1 heterocycles. The summed E-state index contributed by atoms with van der Waals surface area (Å²) in [6.45, 7) is 7.04. The topological polar surface area (TPSA) is 9.23 Å². The van der Waals surface area contributed by atoms with Gasteiger partial charge in [-0.2, -0.15) is 0 Å². The first kappa shape index (κ1) is 11.9. The average Bonchev–Trinajstić information content (AvgIpc) is 2.52. The van der Waals surface area contributed by atoms with Gasteiger partial charge in [0, 0.05) is 5.33 Å². The zero-order valence-electron chi connectivity index (χ0n) is 10.2. The minimum absolute atomic E-state index is 0.0780. The molecule has 2 fully saturated rings. The Labute approximate surface area is 102 Å². The standard InChI is InChI=1S/C13H23BrO/c1-11(2)6-4-5-7-13(11)9-8-12(3,10-14)15-13/h4-10H2,1-3H3. The van der Waals surface area contributed by atoms with Gasteiger partial charge in [0.25, 0.3) is 0 Å². The summed E-state index contributed by atoms with van der Waals surface area (Å²) in [5.74, 6) is 0. The number of rotatable bonds is 1. The first-order valence-electron chi connectivity index (χ1n) is 6.19. The third-order valence-electron chi connectivity index (χ3n) is 4.65. The second kappa shape index (κ2) is 3.73. The van der Waals surface area contributed by atoms with Crippen LogP contribution in [0.4, 0.5) is 0 Å². The van der Waals surface area contributed by atoms with Crippen molar-refractivity contribution < 1.29 is 4.74 Å². The van der Waals surface area contributed by atoms with Gasteiger partial charge in [0.2, 0.25) is 0 Å².